The first-order valence-electron chi connectivity index (χ1n) is 15.9. The molecular weight excluding hydrogens is 636 g/mol. The van der Waals surface area contributed by atoms with Crippen molar-refractivity contribution in [1.82, 2.24) is 14.7 Å². The minimum Gasteiger partial charge on any atom is -0.324 e. The van der Waals surface area contributed by atoms with E-state index >= 15 is 0 Å². The Hall–Kier alpha value is -4.10. The molecule has 3 amide bonds. The van der Waals surface area contributed by atoms with Crippen LogP contribution in [0, 0.1) is 13.8 Å². The molecule has 2 unspecified atom stereocenters. The molecule has 2 fully saturated rings. The van der Waals surface area contributed by atoms with E-state index in [0.29, 0.717) is 44.5 Å². The van der Waals surface area contributed by atoms with E-state index < -0.39 is 35.2 Å². The second kappa shape index (κ2) is 14.6. The van der Waals surface area contributed by atoms with Gasteiger partial charge in [-0.25, -0.2) is 4.79 Å². The van der Waals surface area contributed by atoms with Gasteiger partial charge in [0.1, 0.15) is 0 Å². The molecule has 5 rings (SSSR count). The Balaban J connectivity index is 1.24. The number of aryl methyl sites for hydroxylation is 2. The van der Waals surface area contributed by atoms with Crippen LogP contribution in [-0.4, -0.2) is 78.0 Å². The third-order valence-electron chi connectivity index (χ3n) is 9.14. The van der Waals surface area contributed by atoms with Crippen molar-refractivity contribution in [3.63, 3.8) is 0 Å². The van der Waals surface area contributed by atoms with E-state index in [-0.39, 0.29) is 37.1 Å². The molecule has 0 bridgehead atoms. The van der Waals surface area contributed by atoms with Crippen LogP contribution in [-0.2, 0) is 23.6 Å². The summed E-state index contributed by atoms with van der Waals surface area (Å²) in [4.78, 5) is 32.3. The van der Waals surface area contributed by atoms with Crippen molar-refractivity contribution in [2.24, 2.45) is 0 Å². The second-order valence-electron chi connectivity index (χ2n) is 12.6. The standard InChI is InChI=1S/C35H39F6N5O2/c1-23-7-6-8-24(2)32(23)43-31(47)22-44-13-15-45(16-14-44)29-11-12-46(30(21-29)17-25-9-4-3-5-10-25)33(48)42-28-19-26(34(36,37)38)18-27(20-28)35(39,40)41/h3-10,18-20,29-30H,11-17,21-22H2,1-2H3,(H,42,48)(H,43,47). The molecule has 13 heteroatoms. The summed E-state index contributed by atoms with van der Waals surface area (Å²) in [5, 5.41) is 5.36. The number of nitrogens with one attached hydrogen (secondary N) is 2. The molecule has 258 valence electrons. The Morgan fingerprint density at radius 3 is 1.96 bits per heavy atom. The van der Waals surface area contributed by atoms with Crippen LogP contribution in [0.4, 0.5) is 42.5 Å². The Bertz CT molecular complexity index is 1540. The van der Waals surface area contributed by atoms with E-state index in [4.69, 9.17) is 0 Å². The van der Waals surface area contributed by atoms with Crippen molar-refractivity contribution in [1.29, 1.82) is 0 Å². The number of anilines is 2. The smallest absolute Gasteiger partial charge is 0.324 e. The van der Waals surface area contributed by atoms with Gasteiger partial charge in [-0.05, 0) is 68.0 Å². The first-order chi connectivity index (χ1) is 22.7. The minimum atomic E-state index is -5.03. The van der Waals surface area contributed by atoms with Crippen molar-refractivity contribution in [2.45, 2.75) is 57.5 Å². The van der Waals surface area contributed by atoms with Crippen LogP contribution in [0.25, 0.3) is 0 Å². The van der Waals surface area contributed by atoms with E-state index in [0.717, 1.165) is 35.5 Å². The number of likely N-dealkylation sites (tertiary alicyclic amines) is 1. The summed E-state index contributed by atoms with van der Waals surface area (Å²) >= 11 is 0. The second-order valence-corrected chi connectivity index (χ2v) is 12.6. The molecule has 2 aliphatic heterocycles. The van der Waals surface area contributed by atoms with Gasteiger partial charge in [0.05, 0.1) is 17.7 Å². The quantitative estimate of drug-likeness (QED) is 0.260. The maximum absolute atomic E-state index is 13.5. The molecule has 0 aliphatic carbocycles. The number of carbonyl (C=O) groups excluding carboxylic acids is 2. The summed E-state index contributed by atoms with van der Waals surface area (Å²) < 4.78 is 80.6. The van der Waals surface area contributed by atoms with Crippen LogP contribution in [0.2, 0.25) is 0 Å². The zero-order valence-electron chi connectivity index (χ0n) is 26.8. The Labute approximate surface area is 275 Å². The summed E-state index contributed by atoms with van der Waals surface area (Å²) in [5.74, 6) is -0.0776. The number of nitrogens with zero attached hydrogens (tertiary/aromatic N) is 3. The fourth-order valence-electron chi connectivity index (χ4n) is 6.61. The van der Waals surface area contributed by atoms with E-state index in [9.17, 15) is 35.9 Å². The van der Waals surface area contributed by atoms with Gasteiger partial charge in [-0.1, -0.05) is 48.5 Å². The predicted octanol–water partition coefficient (Wildman–Crippen LogP) is 7.20. The molecule has 2 saturated heterocycles. The van der Waals surface area contributed by atoms with Crippen LogP contribution in [0.3, 0.4) is 0 Å². The van der Waals surface area contributed by atoms with Crippen LogP contribution >= 0.6 is 0 Å². The number of hydrogen-bond donors (Lipinski definition) is 2. The number of benzene rings is 3. The van der Waals surface area contributed by atoms with Crippen LogP contribution in [0.1, 0.15) is 40.7 Å². The summed E-state index contributed by atoms with van der Waals surface area (Å²) in [7, 11) is 0. The normalized spacial score (nSPS) is 19.6. The monoisotopic (exact) mass is 675 g/mol. The lowest BCUT2D eigenvalue weighted by molar-refractivity contribution is -0.143. The van der Waals surface area contributed by atoms with Crippen molar-refractivity contribution >= 4 is 23.3 Å². The number of urea groups is 1. The van der Waals surface area contributed by atoms with E-state index in [2.05, 4.69) is 20.4 Å². The molecule has 3 aromatic carbocycles. The first kappa shape index (κ1) is 35.2. The topological polar surface area (TPSA) is 67.9 Å². The number of para-hydroxylation sites is 1. The lowest BCUT2D eigenvalue weighted by atomic mass is 9.91. The minimum absolute atomic E-state index is 0.0384. The van der Waals surface area contributed by atoms with Crippen molar-refractivity contribution in [2.75, 3.05) is 49.9 Å². The molecule has 0 aromatic heterocycles. The molecule has 0 saturated carbocycles. The van der Waals surface area contributed by atoms with Crippen LogP contribution in [0.5, 0.6) is 0 Å². The van der Waals surface area contributed by atoms with Gasteiger partial charge in [-0.15, -0.1) is 0 Å². The summed E-state index contributed by atoms with van der Waals surface area (Å²) in [6.45, 7) is 7.25. The largest absolute Gasteiger partial charge is 0.416 e. The highest BCUT2D eigenvalue weighted by molar-refractivity contribution is 5.93. The average molecular weight is 676 g/mol. The fourth-order valence-corrected chi connectivity index (χ4v) is 6.61. The van der Waals surface area contributed by atoms with Crippen LogP contribution < -0.4 is 10.6 Å². The number of piperidine rings is 1. The molecule has 3 aromatic rings. The predicted molar refractivity (Wildman–Crippen MR) is 172 cm³/mol. The van der Waals surface area contributed by atoms with E-state index in [1.165, 1.54) is 4.90 Å². The molecule has 2 heterocycles. The highest BCUT2D eigenvalue weighted by atomic mass is 19.4. The third kappa shape index (κ3) is 8.87. The molecule has 0 radical (unpaired) electrons. The number of amides is 3. The van der Waals surface area contributed by atoms with Gasteiger partial charge in [0.2, 0.25) is 5.91 Å². The van der Waals surface area contributed by atoms with Crippen molar-refractivity contribution < 1.29 is 35.9 Å². The Morgan fingerprint density at radius 1 is 0.771 bits per heavy atom. The average Bonchev–Trinajstić information content (AvgIpc) is 3.03. The lowest BCUT2D eigenvalue weighted by Crippen LogP contribution is -2.57. The molecule has 0 spiro atoms. The summed E-state index contributed by atoms with van der Waals surface area (Å²) in [6.07, 6.45) is -8.42. The molecular formula is C35H39F6N5O2. The van der Waals surface area contributed by atoms with Gasteiger partial charge in [0.15, 0.2) is 0 Å². The van der Waals surface area contributed by atoms with Gasteiger partial charge in [-0.2, -0.15) is 26.3 Å². The number of rotatable bonds is 7. The Morgan fingerprint density at radius 2 is 1.38 bits per heavy atom. The molecule has 48 heavy (non-hydrogen) atoms. The van der Waals surface area contributed by atoms with E-state index in [1.807, 2.05) is 62.4 Å². The zero-order valence-corrected chi connectivity index (χ0v) is 26.8. The maximum Gasteiger partial charge on any atom is 0.416 e. The number of halogens is 6. The highest BCUT2D eigenvalue weighted by Gasteiger charge is 2.39. The molecule has 2 aliphatic rings. The number of alkyl halides is 6. The zero-order chi connectivity index (χ0) is 34.6. The van der Waals surface area contributed by atoms with Gasteiger partial charge in [0, 0.05) is 56.2 Å². The number of carbonyl (C=O) groups is 2. The SMILES string of the molecule is Cc1cccc(C)c1NC(=O)CN1CCN(C2CCN(C(=O)Nc3cc(C(F)(F)F)cc(C(F)(F)F)c3)C(Cc3ccccc3)C2)CC1. The number of hydrogen-bond acceptors (Lipinski definition) is 4. The lowest BCUT2D eigenvalue weighted by Gasteiger charge is -2.46. The van der Waals surface area contributed by atoms with Crippen LogP contribution in [0.15, 0.2) is 66.7 Å². The fraction of sp³-hybridized carbons (Fsp3) is 0.429. The van der Waals surface area contributed by atoms with Gasteiger partial charge < -0.3 is 15.5 Å². The summed E-state index contributed by atoms with van der Waals surface area (Å²) in [5.41, 5.74) is 0.233. The van der Waals surface area contributed by atoms with Gasteiger partial charge in [-0.3, -0.25) is 14.6 Å². The van der Waals surface area contributed by atoms with Gasteiger partial charge >= 0.3 is 18.4 Å². The molecule has 2 N–H and O–H groups in total. The maximum atomic E-state index is 13.5. The van der Waals surface area contributed by atoms with Crippen molar-refractivity contribution in [3.8, 4) is 0 Å². The number of piperazine rings is 1. The first-order valence-corrected chi connectivity index (χ1v) is 15.9. The molecule has 7 nitrogen and oxygen atoms in total. The Kier molecular flexibility index (Phi) is 10.7. The van der Waals surface area contributed by atoms with Crippen molar-refractivity contribution in [3.05, 3.63) is 94.5 Å². The highest BCUT2D eigenvalue weighted by Crippen LogP contribution is 2.38. The summed E-state index contributed by atoms with van der Waals surface area (Å²) in [6, 6.07) is 15.4. The third-order valence-corrected chi connectivity index (χ3v) is 9.14. The molecule has 2 atom stereocenters. The van der Waals surface area contributed by atoms with E-state index in [1.54, 1.807) is 0 Å². The van der Waals surface area contributed by atoms with Gasteiger partial charge in [0.25, 0.3) is 0 Å².